The number of amides is 2. The minimum Gasteiger partial charge on any atom is -0.297 e. The molecule has 158 valence electrons. The molecule has 8 nitrogen and oxygen atoms in total. The van der Waals surface area contributed by atoms with E-state index in [0.29, 0.717) is 11.6 Å². The molecule has 2 amide bonds. The van der Waals surface area contributed by atoms with Crippen molar-refractivity contribution in [1.82, 2.24) is 9.99 Å². The number of aromatic nitrogens is 1. The Balaban J connectivity index is 1.49. The van der Waals surface area contributed by atoms with Crippen LogP contribution in [0.2, 0.25) is 0 Å². The average Bonchev–Trinajstić information content (AvgIpc) is 3.28. The molecule has 0 aliphatic carbocycles. The van der Waals surface area contributed by atoms with Gasteiger partial charge in [-0.2, -0.15) is 5.10 Å². The van der Waals surface area contributed by atoms with Gasteiger partial charge in [0.1, 0.15) is 5.71 Å². The number of hydrazone groups is 1. The van der Waals surface area contributed by atoms with Crippen LogP contribution in [0, 0.1) is 13.8 Å². The van der Waals surface area contributed by atoms with Crippen molar-refractivity contribution in [2.75, 3.05) is 16.8 Å². The number of aryl methyl sites for hydroxylation is 2. The largest absolute Gasteiger partial charge is 0.297 e. The highest BCUT2D eigenvalue weighted by atomic mass is 32.2. The first-order valence-electron chi connectivity index (χ1n) is 9.66. The van der Waals surface area contributed by atoms with Crippen molar-refractivity contribution in [1.29, 1.82) is 0 Å². The number of rotatable bonds is 4. The molecule has 10 heteroatoms. The quantitative estimate of drug-likeness (QED) is 0.776. The van der Waals surface area contributed by atoms with Gasteiger partial charge in [-0.1, -0.05) is 23.8 Å². The van der Waals surface area contributed by atoms with Gasteiger partial charge in [0.25, 0.3) is 5.91 Å². The molecule has 3 heterocycles. The third-order valence-corrected chi connectivity index (χ3v) is 7.77. The van der Waals surface area contributed by atoms with E-state index in [0.717, 1.165) is 16.8 Å². The van der Waals surface area contributed by atoms with Crippen molar-refractivity contribution in [3.8, 4) is 11.3 Å². The molecule has 1 unspecified atom stereocenters. The van der Waals surface area contributed by atoms with Crippen molar-refractivity contribution >= 4 is 43.8 Å². The highest BCUT2D eigenvalue weighted by Crippen LogP contribution is 2.28. The Morgan fingerprint density at radius 2 is 2.07 bits per heavy atom. The lowest BCUT2D eigenvalue weighted by Crippen LogP contribution is -2.42. The fourth-order valence-electron chi connectivity index (χ4n) is 3.71. The van der Waals surface area contributed by atoms with Gasteiger partial charge in [0.15, 0.2) is 15.0 Å². The minimum absolute atomic E-state index is 0.0405. The van der Waals surface area contributed by atoms with Crippen LogP contribution in [0.4, 0.5) is 5.13 Å². The van der Waals surface area contributed by atoms with E-state index in [1.165, 1.54) is 21.9 Å². The van der Waals surface area contributed by atoms with Crippen LogP contribution >= 0.6 is 11.3 Å². The number of nitrogens with zero attached hydrogens (tertiary/aromatic N) is 3. The van der Waals surface area contributed by atoms with Crippen LogP contribution in [0.3, 0.4) is 0 Å². The normalized spacial score (nSPS) is 20.9. The first-order chi connectivity index (χ1) is 14.2. The van der Waals surface area contributed by atoms with Crippen LogP contribution in [-0.2, 0) is 19.4 Å². The molecule has 2 aromatic rings. The van der Waals surface area contributed by atoms with Crippen LogP contribution in [0.25, 0.3) is 11.3 Å². The second-order valence-corrected chi connectivity index (χ2v) is 10.7. The molecule has 0 saturated carbocycles. The average molecular weight is 447 g/mol. The van der Waals surface area contributed by atoms with Gasteiger partial charge in [-0.25, -0.2) is 18.4 Å². The van der Waals surface area contributed by atoms with E-state index in [1.54, 1.807) is 0 Å². The molecule has 1 atom stereocenters. The molecule has 1 fully saturated rings. The van der Waals surface area contributed by atoms with Crippen LogP contribution < -0.4 is 5.32 Å². The summed E-state index contributed by atoms with van der Waals surface area (Å²) in [5.41, 5.74) is 4.28. The van der Waals surface area contributed by atoms with E-state index in [2.05, 4.69) is 21.5 Å². The highest BCUT2D eigenvalue weighted by Gasteiger charge is 2.37. The molecular formula is C20H22N4O4S2. The Morgan fingerprint density at radius 1 is 1.27 bits per heavy atom. The summed E-state index contributed by atoms with van der Waals surface area (Å²) in [6, 6.07) is 5.61. The second-order valence-electron chi connectivity index (χ2n) is 7.65. The molecule has 30 heavy (non-hydrogen) atoms. The van der Waals surface area contributed by atoms with Gasteiger partial charge < -0.3 is 0 Å². The van der Waals surface area contributed by atoms with E-state index >= 15 is 0 Å². The fraction of sp³-hybridized carbons (Fsp3) is 0.400. The summed E-state index contributed by atoms with van der Waals surface area (Å²) in [7, 11) is -3.16. The number of carbonyl (C=O) groups is 2. The molecule has 0 spiro atoms. The zero-order chi connectivity index (χ0) is 21.5. The standard InChI is InChI=1S/C20H22N4O4S2/c1-12-3-4-15(13(2)9-12)17-10-29-20(21-17)22-19(26)16-5-6-18(25)24(23-16)14-7-8-30(27,28)11-14/h3-4,9-10,14H,5-8,11H2,1-2H3,(H,21,22,26). The minimum atomic E-state index is -3.16. The highest BCUT2D eigenvalue weighted by molar-refractivity contribution is 7.91. The zero-order valence-electron chi connectivity index (χ0n) is 16.7. The molecule has 1 aromatic carbocycles. The van der Waals surface area contributed by atoms with Gasteiger partial charge in [-0.15, -0.1) is 11.3 Å². The van der Waals surface area contributed by atoms with Crippen molar-refractivity contribution in [3.05, 3.63) is 34.7 Å². The van der Waals surface area contributed by atoms with E-state index in [1.807, 2.05) is 31.4 Å². The van der Waals surface area contributed by atoms with Crippen LogP contribution in [0.1, 0.15) is 30.4 Å². The van der Waals surface area contributed by atoms with Gasteiger partial charge in [0, 0.05) is 23.8 Å². The first kappa shape index (κ1) is 20.7. The Hall–Kier alpha value is -2.59. The van der Waals surface area contributed by atoms with Crippen molar-refractivity contribution < 1.29 is 18.0 Å². The summed E-state index contributed by atoms with van der Waals surface area (Å²) in [5, 5.41) is 10.5. The molecule has 1 saturated heterocycles. The summed E-state index contributed by atoms with van der Waals surface area (Å²) >= 11 is 1.32. The number of hydrogen-bond acceptors (Lipinski definition) is 7. The number of benzene rings is 1. The van der Waals surface area contributed by atoms with Gasteiger partial charge >= 0.3 is 0 Å². The molecule has 1 aromatic heterocycles. The molecule has 4 rings (SSSR count). The molecule has 1 N–H and O–H groups in total. The Morgan fingerprint density at radius 3 is 2.77 bits per heavy atom. The third kappa shape index (κ3) is 4.29. The van der Waals surface area contributed by atoms with Crippen LogP contribution in [0.15, 0.2) is 28.7 Å². The number of sulfone groups is 1. The van der Waals surface area contributed by atoms with Gasteiger partial charge in [0.2, 0.25) is 5.91 Å². The summed E-state index contributed by atoms with van der Waals surface area (Å²) in [5.74, 6) is -0.739. The summed E-state index contributed by atoms with van der Waals surface area (Å²) in [6.07, 6.45) is 0.697. The Kier molecular flexibility index (Phi) is 5.46. The number of thiazole rings is 1. The van der Waals surface area contributed by atoms with E-state index in [4.69, 9.17) is 0 Å². The summed E-state index contributed by atoms with van der Waals surface area (Å²) in [6.45, 7) is 4.05. The summed E-state index contributed by atoms with van der Waals surface area (Å²) < 4.78 is 23.5. The number of hydrogen-bond donors (Lipinski definition) is 1. The maximum atomic E-state index is 12.7. The molecule has 0 radical (unpaired) electrons. The number of carbonyl (C=O) groups excluding carboxylic acids is 2. The Labute approximate surface area is 178 Å². The number of nitrogens with one attached hydrogen (secondary N) is 1. The maximum Gasteiger partial charge on any atom is 0.273 e. The summed E-state index contributed by atoms with van der Waals surface area (Å²) in [4.78, 5) is 29.4. The van der Waals surface area contributed by atoms with Crippen molar-refractivity contribution in [2.24, 2.45) is 5.10 Å². The van der Waals surface area contributed by atoms with Crippen LogP contribution in [-0.4, -0.2) is 53.5 Å². The van der Waals surface area contributed by atoms with E-state index < -0.39 is 21.8 Å². The molecule has 2 aliphatic heterocycles. The lowest BCUT2D eigenvalue weighted by atomic mass is 10.0. The predicted octanol–water partition coefficient (Wildman–Crippen LogP) is 2.53. The molecule has 0 bridgehead atoms. The van der Waals surface area contributed by atoms with Crippen molar-refractivity contribution in [2.45, 2.75) is 39.2 Å². The Bertz CT molecular complexity index is 1150. The van der Waals surface area contributed by atoms with E-state index in [-0.39, 0.29) is 36.0 Å². The maximum absolute atomic E-state index is 12.7. The topological polar surface area (TPSA) is 109 Å². The molecular weight excluding hydrogens is 424 g/mol. The smallest absolute Gasteiger partial charge is 0.273 e. The van der Waals surface area contributed by atoms with Gasteiger partial charge in [-0.3, -0.25) is 14.9 Å². The monoisotopic (exact) mass is 446 g/mol. The zero-order valence-corrected chi connectivity index (χ0v) is 18.3. The van der Waals surface area contributed by atoms with Gasteiger partial charge in [-0.05, 0) is 25.8 Å². The van der Waals surface area contributed by atoms with Crippen molar-refractivity contribution in [3.63, 3.8) is 0 Å². The number of anilines is 1. The third-order valence-electron chi connectivity index (χ3n) is 5.26. The first-order valence-corrected chi connectivity index (χ1v) is 12.4. The fourth-order valence-corrected chi connectivity index (χ4v) is 6.11. The lowest BCUT2D eigenvalue weighted by Gasteiger charge is -2.27. The lowest BCUT2D eigenvalue weighted by molar-refractivity contribution is -0.133. The predicted molar refractivity (Wildman–Crippen MR) is 116 cm³/mol. The van der Waals surface area contributed by atoms with Crippen LogP contribution in [0.5, 0.6) is 0 Å². The molecule has 2 aliphatic rings. The second kappa shape index (κ2) is 7.92. The van der Waals surface area contributed by atoms with Gasteiger partial charge in [0.05, 0.1) is 23.2 Å². The SMILES string of the molecule is Cc1ccc(-c2csc(NC(=O)C3=NN(C4CCS(=O)(=O)C4)C(=O)CC3)n2)c(C)c1. The van der Waals surface area contributed by atoms with E-state index in [9.17, 15) is 18.0 Å².